The molecule has 1 heterocycles. The van der Waals surface area contributed by atoms with E-state index in [4.69, 9.17) is 0 Å². The van der Waals surface area contributed by atoms with Crippen LogP contribution in [0, 0.1) is 12.8 Å². The van der Waals surface area contributed by atoms with Crippen LogP contribution in [-0.2, 0) is 0 Å². The molecule has 1 aromatic rings. The van der Waals surface area contributed by atoms with Crippen molar-refractivity contribution in [2.75, 3.05) is 19.6 Å². The lowest BCUT2D eigenvalue weighted by atomic mass is 9.95. The van der Waals surface area contributed by atoms with Gasteiger partial charge in [0.25, 0.3) is 0 Å². The van der Waals surface area contributed by atoms with E-state index in [0.717, 1.165) is 30.8 Å². The Morgan fingerprint density at radius 1 is 1.21 bits per heavy atom. The van der Waals surface area contributed by atoms with Gasteiger partial charge in [0.2, 0.25) is 0 Å². The van der Waals surface area contributed by atoms with Crippen LogP contribution in [0.2, 0.25) is 0 Å². The number of rotatable bonds is 4. The number of nitrogens with zero attached hydrogens (tertiary/aromatic N) is 1. The number of halogens is 1. The zero-order valence-corrected chi connectivity index (χ0v) is 12.7. The number of carbonyl (C=O) groups is 1. The van der Waals surface area contributed by atoms with Crippen molar-refractivity contribution in [3.05, 3.63) is 35.4 Å². The second-order valence-corrected chi connectivity index (χ2v) is 5.44. The normalized spacial score (nSPS) is 17.6. The Bertz CT molecular complexity index is 413. The Hall–Kier alpha value is -0.860. The number of ketones is 1. The zero-order valence-electron chi connectivity index (χ0n) is 11.9. The molecule has 1 atom stereocenters. The molecule has 1 saturated heterocycles. The highest BCUT2D eigenvalue weighted by molar-refractivity contribution is 5.99. The molecule has 106 valence electrons. The molecule has 1 unspecified atom stereocenters. The average molecular weight is 282 g/mol. The number of carbonyl (C=O) groups excluding carboxylic acids is 1. The van der Waals surface area contributed by atoms with Gasteiger partial charge in [-0.1, -0.05) is 37.6 Å². The van der Waals surface area contributed by atoms with Crippen LogP contribution in [0.3, 0.4) is 0 Å². The van der Waals surface area contributed by atoms with Gasteiger partial charge in [0, 0.05) is 18.0 Å². The molecule has 0 spiro atoms. The second-order valence-electron chi connectivity index (χ2n) is 5.44. The van der Waals surface area contributed by atoms with Crippen LogP contribution in [-0.4, -0.2) is 30.3 Å². The molecule has 0 aromatic heterocycles. The molecule has 2 nitrogen and oxygen atoms in total. The van der Waals surface area contributed by atoms with Crippen molar-refractivity contribution in [2.45, 2.75) is 33.1 Å². The monoisotopic (exact) mass is 281 g/mol. The molecule has 0 bridgehead atoms. The molecular formula is C16H24ClNO. The Labute approximate surface area is 122 Å². The van der Waals surface area contributed by atoms with Crippen molar-refractivity contribution in [2.24, 2.45) is 5.92 Å². The van der Waals surface area contributed by atoms with E-state index < -0.39 is 0 Å². The maximum absolute atomic E-state index is 12.4. The number of hydrogen-bond acceptors (Lipinski definition) is 2. The zero-order chi connectivity index (χ0) is 13.0. The van der Waals surface area contributed by atoms with E-state index in [1.165, 1.54) is 19.3 Å². The summed E-state index contributed by atoms with van der Waals surface area (Å²) in [5.74, 6) is 0.392. The van der Waals surface area contributed by atoms with E-state index in [2.05, 4.69) is 11.8 Å². The number of likely N-dealkylation sites (tertiary alicyclic amines) is 1. The lowest BCUT2D eigenvalue weighted by Gasteiger charge is -2.28. The van der Waals surface area contributed by atoms with Crippen LogP contribution in [0.1, 0.15) is 42.1 Å². The van der Waals surface area contributed by atoms with Crippen LogP contribution >= 0.6 is 12.4 Å². The highest BCUT2D eigenvalue weighted by Crippen LogP contribution is 2.16. The maximum Gasteiger partial charge on any atom is 0.167 e. The fourth-order valence-electron chi connectivity index (χ4n) is 2.73. The molecule has 19 heavy (non-hydrogen) atoms. The molecule has 0 radical (unpaired) electrons. The first-order valence-electron chi connectivity index (χ1n) is 7.00. The minimum absolute atomic E-state index is 0. The van der Waals surface area contributed by atoms with Gasteiger partial charge < -0.3 is 4.90 Å². The summed E-state index contributed by atoms with van der Waals surface area (Å²) in [7, 11) is 0. The minimum Gasteiger partial charge on any atom is -0.303 e. The van der Waals surface area contributed by atoms with Crippen molar-refractivity contribution in [1.82, 2.24) is 4.90 Å². The Balaban J connectivity index is 0.00000180. The number of hydrogen-bond donors (Lipinski definition) is 0. The van der Waals surface area contributed by atoms with Crippen LogP contribution in [0.5, 0.6) is 0 Å². The highest BCUT2D eigenvalue weighted by atomic mass is 35.5. The largest absolute Gasteiger partial charge is 0.303 e. The molecule has 1 fully saturated rings. The summed E-state index contributed by atoms with van der Waals surface area (Å²) in [6.07, 6.45) is 3.91. The van der Waals surface area contributed by atoms with Crippen molar-refractivity contribution in [3.8, 4) is 0 Å². The van der Waals surface area contributed by atoms with Crippen LogP contribution in [0.4, 0.5) is 0 Å². The lowest BCUT2D eigenvalue weighted by molar-refractivity contribution is 0.0883. The van der Waals surface area contributed by atoms with Crippen LogP contribution in [0.25, 0.3) is 0 Å². The van der Waals surface area contributed by atoms with Gasteiger partial charge in [-0.05, 0) is 38.4 Å². The summed E-state index contributed by atoms with van der Waals surface area (Å²) in [5.41, 5.74) is 1.98. The fourth-order valence-corrected chi connectivity index (χ4v) is 2.73. The van der Waals surface area contributed by atoms with E-state index in [9.17, 15) is 4.79 Å². The van der Waals surface area contributed by atoms with Gasteiger partial charge in [0.1, 0.15) is 0 Å². The third kappa shape index (κ3) is 4.32. The Morgan fingerprint density at radius 2 is 1.84 bits per heavy atom. The number of benzene rings is 1. The van der Waals surface area contributed by atoms with Gasteiger partial charge in [-0.3, -0.25) is 4.79 Å². The predicted octanol–water partition coefficient (Wildman–Crippen LogP) is 3.72. The molecule has 0 amide bonds. The smallest absolute Gasteiger partial charge is 0.167 e. The van der Waals surface area contributed by atoms with Gasteiger partial charge in [-0.15, -0.1) is 12.4 Å². The molecule has 0 aliphatic carbocycles. The summed E-state index contributed by atoms with van der Waals surface area (Å²) in [6.45, 7) is 7.30. The van der Waals surface area contributed by atoms with Crippen molar-refractivity contribution < 1.29 is 4.79 Å². The summed E-state index contributed by atoms with van der Waals surface area (Å²) in [4.78, 5) is 14.8. The number of piperidine rings is 1. The molecule has 2 rings (SSSR count). The third-order valence-electron chi connectivity index (χ3n) is 3.84. The summed E-state index contributed by atoms with van der Waals surface area (Å²) < 4.78 is 0. The predicted molar refractivity (Wildman–Crippen MR) is 82.2 cm³/mol. The first-order valence-corrected chi connectivity index (χ1v) is 7.00. The topological polar surface area (TPSA) is 20.3 Å². The van der Waals surface area contributed by atoms with Crippen LogP contribution in [0.15, 0.2) is 24.3 Å². The first kappa shape index (κ1) is 16.2. The minimum atomic E-state index is 0. The molecule has 1 aromatic carbocycles. The third-order valence-corrected chi connectivity index (χ3v) is 3.84. The molecule has 0 saturated carbocycles. The molecule has 0 N–H and O–H groups in total. The van der Waals surface area contributed by atoms with Gasteiger partial charge >= 0.3 is 0 Å². The van der Waals surface area contributed by atoms with Gasteiger partial charge in [0.15, 0.2) is 5.78 Å². The summed E-state index contributed by atoms with van der Waals surface area (Å²) in [6, 6.07) is 7.90. The Morgan fingerprint density at radius 3 is 2.47 bits per heavy atom. The Kier molecular flexibility index (Phi) is 6.53. The average Bonchev–Trinajstić information content (AvgIpc) is 2.39. The van der Waals surface area contributed by atoms with E-state index in [-0.39, 0.29) is 18.3 Å². The van der Waals surface area contributed by atoms with E-state index in [1.54, 1.807) is 0 Å². The van der Waals surface area contributed by atoms with E-state index >= 15 is 0 Å². The lowest BCUT2D eigenvalue weighted by Crippen LogP contribution is -2.35. The number of aryl methyl sites for hydroxylation is 1. The molecule has 1 aliphatic heterocycles. The molecular weight excluding hydrogens is 258 g/mol. The van der Waals surface area contributed by atoms with Gasteiger partial charge in [0.05, 0.1) is 0 Å². The molecule has 1 aliphatic rings. The SMILES string of the molecule is Cc1ccccc1C(=O)C(C)CN1CCCCC1.Cl. The van der Waals surface area contributed by atoms with Gasteiger partial charge in [-0.25, -0.2) is 0 Å². The standard InChI is InChI=1S/C16H23NO.ClH/c1-13-8-4-5-9-15(13)16(18)14(2)12-17-10-6-3-7-11-17;/h4-5,8-9,14H,3,6-7,10-12H2,1-2H3;1H. The first-order chi connectivity index (χ1) is 8.68. The van der Waals surface area contributed by atoms with Crippen LogP contribution < -0.4 is 0 Å². The van der Waals surface area contributed by atoms with Crippen molar-refractivity contribution >= 4 is 18.2 Å². The van der Waals surface area contributed by atoms with Crippen molar-refractivity contribution in [1.29, 1.82) is 0 Å². The highest BCUT2D eigenvalue weighted by Gasteiger charge is 2.20. The number of Topliss-reactive ketones (excluding diaryl/α,β-unsaturated/α-hetero) is 1. The van der Waals surface area contributed by atoms with E-state index in [0.29, 0.717) is 5.78 Å². The summed E-state index contributed by atoms with van der Waals surface area (Å²) in [5, 5.41) is 0. The second kappa shape index (κ2) is 7.66. The molecule has 3 heteroatoms. The summed E-state index contributed by atoms with van der Waals surface area (Å²) >= 11 is 0. The maximum atomic E-state index is 12.4. The van der Waals surface area contributed by atoms with E-state index in [1.807, 2.05) is 31.2 Å². The van der Waals surface area contributed by atoms with Crippen molar-refractivity contribution in [3.63, 3.8) is 0 Å². The quantitative estimate of drug-likeness (QED) is 0.784. The fraction of sp³-hybridized carbons (Fsp3) is 0.562. The van der Waals surface area contributed by atoms with Gasteiger partial charge in [-0.2, -0.15) is 0 Å².